The quantitative estimate of drug-likeness (QED) is 0.657. The number of rotatable bonds is 5. The molecule has 2 atom stereocenters. The van der Waals surface area contributed by atoms with E-state index >= 15 is 0 Å². The number of aliphatic hydroxyl groups excluding tert-OH is 1. The van der Waals surface area contributed by atoms with Crippen molar-refractivity contribution in [3.63, 3.8) is 0 Å². The van der Waals surface area contributed by atoms with Gasteiger partial charge < -0.3 is 16.6 Å². The third kappa shape index (κ3) is 4.00. The second-order valence-electron chi connectivity index (χ2n) is 4.10. The van der Waals surface area contributed by atoms with Crippen LogP contribution in [0.15, 0.2) is 24.3 Å². The monoisotopic (exact) mass is 208 g/mol. The predicted molar refractivity (Wildman–Crippen MR) is 62.6 cm³/mol. The van der Waals surface area contributed by atoms with Gasteiger partial charge in [-0.2, -0.15) is 0 Å². The first-order valence-corrected chi connectivity index (χ1v) is 5.32. The lowest BCUT2D eigenvalue weighted by atomic mass is 9.97. The zero-order chi connectivity index (χ0) is 11.3. The molecule has 0 radical (unpaired) electrons. The van der Waals surface area contributed by atoms with Crippen molar-refractivity contribution < 1.29 is 5.11 Å². The van der Waals surface area contributed by atoms with Crippen molar-refractivity contribution in [3.8, 4) is 0 Å². The second kappa shape index (κ2) is 5.85. The molecule has 15 heavy (non-hydrogen) atoms. The lowest BCUT2D eigenvalue weighted by Gasteiger charge is -2.14. The summed E-state index contributed by atoms with van der Waals surface area (Å²) in [5.74, 6) is 0. The van der Waals surface area contributed by atoms with E-state index in [1.54, 1.807) is 0 Å². The molecule has 1 aromatic rings. The molecule has 0 fully saturated rings. The Morgan fingerprint density at radius 3 is 2.13 bits per heavy atom. The fraction of sp³-hybridized carbons (Fsp3) is 0.500. The Labute approximate surface area is 91.1 Å². The highest BCUT2D eigenvalue weighted by molar-refractivity contribution is 5.28. The number of hydrogen-bond acceptors (Lipinski definition) is 3. The molecule has 84 valence electrons. The Kier molecular flexibility index (Phi) is 4.75. The standard InChI is InChI=1S/C12H20N2O/c1-9(13)6-10-4-2-3-5-11(10)7-12(14)8-15/h2-5,9,12,15H,6-8,13-14H2,1H3. The lowest BCUT2D eigenvalue weighted by molar-refractivity contribution is 0.265. The normalized spacial score (nSPS) is 14.9. The third-order valence-electron chi connectivity index (χ3n) is 2.38. The van der Waals surface area contributed by atoms with Crippen molar-refractivity contribution >= 4 is 0 Å². The van der Waals surface area contributed by atoms with Crippen molar-refractivity contribution in [2.75, 3.05) is 6.61 Å². The largest absolute Gasteiger partial charge is 0.395 e. The van der Waals surface area contributed by atoms with Crippen LogP contribution in [0.2, 0.25) is 0 Å². The summed E-state index contributed by atoms with van der Waals surface area (Å²) in [5.41, 5.74) is 13.9. The van der Waals surface area contributed by atoms with Gasteiger partial charge in [0.15, 0.2) is 0 Å². The van der Waals surface area contributed by atoms with Crippen molar-refractivity contribution in [2.45, 2.75) is 31.8 Å². The van der Waals surface area contributed by atoms with Gasteiger partial charge in [0.1, 0.15) is 0 Å². The zero-order valence-electron chi connectivity index (χ0n) is 9.19. The summed E-state index contributed by atoms with van der Waals surface area (Å²) < 4.78 is 0. The molecule has 0 aromatic heterocycles. The molecule has 0 spiro atoms. The molecule has 0 heterocycles. The van der Waals surface area contributed by atoms with Crippen LogP contribution in [0.3, 0.4) is 0 Å². The van der Waals surface area contributed by atoms with Crippen LogP contribution < -0.4 is 11.5 Å². The van der Waals surface area contributed by atoms with Gasteiger partial charge in [0.25, 0.3) is 0 Å². The number of hydrogen-bond donors (Lipinski definition) is 3. The molecule has 0 aliphatic heterocycles. The predicted octanol–water partition coefficient (Wildman–Crippen LogP) is 0.438. The Hall–Kier alpha value is -0.900. The topological polar surface area (TPSA) is 72.3 Å². The summed E-state index contributed by atoms with van der Waals surface area (Å²) in [7, 11) is 0. The van der Waals surface area contributed by atoms with Gasteiger partial charge in [-0.05, 0) is 30.9 Å². The SMILES string of the molecule is CC(N)Cc1ccccc1CC(N)CO. The van der Waals surface area contributed by atoms with E-state index in [2.05, 4.69) is 6.07 Å². The third-order valence-corrected chi connectivity index (χ3v) is 2.38. The van der Waals surface area contributed by atoms with E-state index in [1.165, 1.54) is 11.1 Å². The van der Waals surface area contributed by atoms with Gasteiger partial charge >= 0.3 is 0 Å². The highest BCUT2D eigenvalue weighted by Gasteiger charge is 2.07. The molecule has 0 saturated carbocycles. The number of benzene rings is 1. The fourth-order valence-corrected chi connectivity index (χ4v) is 1.65. The first-order valence-electron chi connectivity index (χ1n) is 5.32. The molecule has 2 unspecified atom stereocenters. The molecule has 5 N–H and O–H groups in total. The maximum absolute atomic E-state index is 8.92. The van der Waals surface area contributed by atoms with Crippen LogP contribution in [0.1, 0.15) is 18.1 Å². The Balaban J connectivity index is 2.76. The summed E-state index contributed by atoms with van der Waals surface area (Å²) in [5, 5.41) is 8.92. The minimum Gasteiger partial charge on any atom is -0.395 e. The molecule has 3 heteroatoms. The van der Waals surface area contributed by atoms with E-state index in [0.717, 1.165) is 6.42 Å². The first-order chi connectivity index (χ1) is 7.13. The molecule has 1 aromatic carbocycles. The van der Waals surface area contributed by atoms with E-state index in [4.69, 9.17) is 16.6 Å². The Morgan fingerprint density at radius 2 is 1.67 bits per heavy atom. The minimum atomic E-state index is -0.181. The molecule has 0 saturated heterocycles. The summed E-state index contributed by atoms with van der Waals surface area (Å²) in [4.78, 5) is 0. The van der Waals surface area contributed by atoms with Crippen LogP contribution in [0.5, 0.6) is 0 Å². The van der Waals surface area contributed by atoms with Crippen LogP contribution in [-0.4, -0.2) is 23.8 Å². The number of aliphatic hydroxyl groups is 1. The van der Waals surface area contributed by atoms with Crippen LogP contribution in [0, 0.1) is 0 Å². The van der Waals surface area contributed by atoms with Crippen LogP contribution in [0.25, 0.3) is 0 Å². The van der Waals surface area contributed by atoms with Gasteiger partial charge in [0.05, 0.1) is 6.61 Å². The zero-order valence-corrected chi connectivity index (χ0v) is 9.19. The maximum atomic E-state index is 8.92. The average Bonchev–Trinajstić information content (AvgIpc) is 2.20. The van der Waals surface area contributed by atoms with Crippen molar-refractivity contribution in [1.29, 1.82) is 0 Å². The molecular weight excluding hydrogens is 188 g/mol. The summed E-state index contributed by atoms with van der Waals surface area (Å²) in [6, 6.07) is 8.09. The fourth-order valence-electron chi connectivity index (χ4n) is 1.65. The summed E-state index contributed by atoms with van der Waals surface area (Å²) in [6.07, 6.45) is 1.56. The molecule has 3 nitrogen and oxygen atoms in total. The highest BCUT2D eigenvalue weighted by Crippen LogP contribution is 2.12. The summed E-state index contributed by atoms with van der Waals surface area (Å²) >= 11 is 0. The molecule has 0 aliphatic rings. The molecule has 1 rings (SSSR count). The van der Waals surface area contributed by atoms with E-state index in [9.17, 15) is 0 Å². The van der Waals surface area contributed by atoms with Gasteiger partial charge in [0.2, 0.25) is 0 Å². The van der Waals surface area contributed by atoms with Gasteiger partial charge in [-0.3, -0.25) is 0 Å². The van der Waals surface area contributed by atoms with E-state index < -0.39 is 0 Å². The first kappa shape index (κ1) is 12.2. The molecule has 0 aliphatic carbocycles. The van der Waals surface area contributed by atoms with Gasteiger partial charge in [0, 0.05) is 12.1 Å². The van der Waals surface area contributed by atoms with E-state index in [-0.39, 0.29) is 18.7 Å². The van der Waals surface area contributed by atoms with Crippen molar-refractivity contribution in [3.05, 3.63) is 35.4 Å². The molecular formula is C12H20N2O. The second-order valence-corrected chi connectivity index (χ2v) is 4.10. The smallest absolute Gasteiger partial charge is 0.0585 e. The molecule has 0 amide bonds. The van der Waals surface area contributed by atoms with Gasteiger partial charge in [-0.15, -0.1) is 0 Å². The molecule has 0 bridgehead atoms. The highest BCUT2D eigenvalue weighted by atomic mass is 16.3. The van der Waals surface area contributed by atoms with E-state index in [0.29, 0.717) is 6.42 Å². The maximum Gasteiger partial charge on any atom is 0.0585 e. The van der Waals surface area contributed by atoms with Crippen molar-refractivity contribution in [1.82, 2.24) is 0 Å². The summed E-state index contributed by atoms with van der Waals surface area (Å²) in [6.45, 7) is 2.01. The average molecular weight is 208 g/mol. The van der Waals surface area contributed by atoms with Crippen LogP contribution >= 0.6 is 0 Å². The van der Waals surface area contributed by atoms with Gasteiger partial charge in [-0.25, -0.2) is 0 Å². The van der Waals surface area contributed by atoms with E-state index in [1.807, 2.05) is 25.1 Å². The lowest BCUT2D eigenvalue weighted by Crippen LogP contribution is -2.28. The Morgan fingerprint density at radius 1 is 1.13 bits per heavy atom. The number of nitrogens with two attached hydrogens (primary N) is 2. The van der Waals surface area contributed by atoms with Gasteiger partial charge in [-0.1, -0.05) is 24.3 Å². The van der Waals surface area contributed by atoms with Crippen LogP contribution in [0.4, 0.5) is 0 Å². The minimum absolute atomic E-state index is 0.0204. The van der Waals surface area contributed by atoms with Crippen LogP contribution in [-0.2, 0) is 12.8 Å². The Bertz CT molecular complexity index is 299. The van der Waals surface area contributed by atoms with Crippen molar-refractivity contribution in [2.24, 2.45) is 11.5 Å².